The van der Waals surface area contributed by atoms with E-state index in [1.165, 1.54) is 0 Å². The highest BCUT2D eigenvalue weighted by Gasteiger charge is 2.23. The van der Waals surface area contributed by atoms with E-state index in [4.69, 9.17) is 14.2 Å². The van der Waals surface area contributed by atoms with Gasteiger partial charge >= 0.3 is 0 Å². The zero-order valence-corrected chi connectivity index (χ0v) is 18.8. The van der Waals surface area contributed by atoms with Crippen LogP contribution in [0.15, 0.2) is 42.5 Å². The topological polar surface area (TPSA) is 94.2 Å². The summed E-state index contributed by atoms with van der Waals surface area (Å²) in [5.41, 5.74) is 1.49. The van der Waals surface area contributed by atoms with Gasteiger partial charge in [-0.05, 0) is 56.5 Å². The van der Waals surface area contributed by atoms with E-state index < -0.39 is 10.0 Å². The molecule has 3 rings (SSSR count). The number of ether oxygens (including phenoxy) is 3. The molecule has 1 aliphatic rings. The molecule has 0 saturated heterocycles. The van der Waals surface area contributed by atoms with Crippen LogP contribution in [0.1, 0.15) is 25.8 Å². The van der Waals surface area contributed by atoms with Crippen molar-refractivity contribution in [1.82, 2.24) is 5.32 Å². The van der Waals surface area contributed by atoms with E-state index in [0.717, 1.165) is 34.7 Å². The van der Waals surface area contributed by atoms with Crippen molar-refractivity contribution >= 4 is 21.6 Å². The maximum atomic E-state index is 12.4. The molecule has 0 aliphatic carbocycles. The van der Waals surface area contributed by atoms with E-state index in [1.807, 2.05) is 38.1 Å². The quantitative estimate of drug-likeness (QED) is 0.562. The van der Waals surface area contributed by atoms with E-state index in [9.17, 15) is 13.2 Å². The first-order valence-corrected chi connectivity index (χ1v) is 12.0. The van der Waals surface area contributed by atoms with Crippen molar-refractivity contribution in [3.05, 3.63) is 48.0 Å². The van der Waals surface area contributed by atoms with Gasteiger partial charge in [-0.2, -0.15) is 0 Å². The molecule has 1 N–H and O–H groups in total. The van der Waals surface area contributed by atoms with Gasteiger partial charge in [0.1, 0.15) is 12.3 Å². The molecule has 2 aromatic carbocycles. The third-order valence-corrected chi connectivity index (χ3v) is 5.73. The fraction of sp³-hybridized carbons (Fsp3) is 0.409. The molecular weight excluding hydrogens is 420 g/mol. The minimum atomic E-state index is -3.65. The Morgan fingerprint density at radius 2 is 1.84 bits per heavy atom. The first kappa shape index (κ1) is 22.7. The molecule has 1 amide bonds. The molecule has 168 valence electrons. The number of hydrogen-bond donors (Lipinski definition) is 1. The van der Waals surface area contributed by atoms with Crippen LogP contribution in [0, 0.1) is 0 Å². The molecule has 0 aromatic heterocycles. The monoisotopic (exact) mass is 448 g/mol. The molecule has 8 nitrogen and oxygen atoms in total. The Morgan fingerprint density at radius 3 is 2.52 bits per heavy atom. The van der Waals surface area contributed by atoms with Crippen molar-refractivity contribution in [2.75, 3.05) is 30.4 Å². The van der Waals surface area contributed by atoms with Gasteiger partial charge in [0.05, 0.1) is 18.0 Å². The summed E-state index contributed by atoms with van der Waals surface area (Å²) in [7, 11) is -3.65. The molecule has 1 heterocycles. The standard InChI is InChI=1S/C22H28N2O6S/c1-16(2)30-19-9-6-17(7-10-19)5-4-12-23-22(25)14-24(31(3,26)27)18-8-11-20-21(13-18)29-15-28-20/h6-11,13,16H,4-5,12,14-15H2,1-3H3,(H,23,25). The third kappa shape index (κ3) is 6.52. The van der Waals surface area contributed by atoms with Gasteiger partial charge < -0.3 is 19.5 Å². The van der Waals surface area contributed by atoms with Crippen molar-refractivity contribution in [3.8, 4) is 17.2 Å². The summed E-state index contributed by atoms with van der Waals surface area (Å²) in [5.74, 6) is 1.46. The first-order valence-electron chi connectivity index (χ1n) is 10.1. The molecule has 0 bridgehead atoms. The van der Waals surface area contributed by atoms with Gasteiger partial charge in [0.25, 0.3) is 0 Å². The predicted octanol–water partition coefficient (Wildman–Crippen LogP) is 2.72. The lowest BCUT2D eigenvalue weighted by molar-refractivity contribution is -0.119. The molecule has 0 atom stereocenters. The molecule has 0 fully saturated rings. The van der Waals surface area contributed by atoms with Crippen LogP contribution in [0.2, 0.25) is 0 Å². The van der Waals surface area contributed by atoms with Crippen molar-refractivity contribution in [2.24, 2.45) is 0 Å². The number of carbonyl (C=O) groups excluding carboxylic acids is 1. The SMILES string of the molecule is CC(C)Oc1ccc(CCCNC(=O)CN(c2ccc3c(c2)OCO3)S(C)(=O)=O)cc1. The highest BCUT2D eigenvalue weighted by molar-refractivity contribution is 7.92. The van der Waals surface area contributed by atoms with Crippen LogP contribution >= 0.6 is 0 Å². The summed E-state index contributed by atoms with van der Waals surface area (Å²) < 4.78 is 41.7. The van der Waals surface area contributed by atoms with Gasteiger partial charge in [0, 0.05) is 12.6 Å². The van der Waals surface area contributed by atoms with Crippen molar-refractivity contribution in [1.29, 1.82) is 0 Å². The van der Waals surface area contributed by atoms with Crippen molar-refractivity contribution < 1.29 is 27.4 Å². The summed E-state index contributed by atoms with van der Waals surface area (Å²) in [6, 6.07) is 12.7. The maximum Gasteiger partial charge on any atom is 0.240 e. The van der Waals surface area contributed by atoms with E-state index >= 15 is 0 Å². The Kier molecular flexibility index (Phi) is 7.27. The third-order valence-electron chi connectivity index (χ3n) is 4.59. The number of carbonyl (C=O) groups is 1. The van der Waals surface area contributed by atoms with Gasteiger partial charge in [0.2, 0.25) is 22.7 Å². The van der Waals surface area contributed by atoms with Crippen LogP contribution in [0.4, 0.5) is 5.69 Å². The molecule has 0 unspecified atom stereocenters. The minimum absolute atomic E-state index is 0.0889. The van der Waals surface area contributed by atoms with Gasteiger partial charge in [-0.25, -0.2) is 8.42 Å². The summed E-state index contributed by atoms with van der Waals surface area (Å²) >= 11 is 0. The Labute approximate surface area is 183 Å². The summed E-state index contributed by atoms with van der Waals surface area (Å²) in [6.07, 6.45) is 2.72. The maximum absolute atomic E-state index is 12.4. The fourth-order valence-corrected chi connectivity index (χ4v) is 4.00. The van der Waals surface area contributed by atoms with Crippen LogP contribution in [-0.2, 0) is 21.2 Å². The lowest BCUT2D eigenvalue weighted by Crippen LogP contribution is -2.40. The fourth-order valence-electron chi connectivity index (χ4n) is 3.15. The largest absolute Gasteiger partial charge is 0.491 e. The van der Waals surface area contributed by atoms with Gasteiger partial charge in [-0.1, -0.05) is 12.1 Å². The summed E-state index contributed by atoms with van der Waals surface area (Å²) in [5, 5.41) is 2.79. The van der Waals surface area contributed by atoms with E-state index in [1.54, 1.807) is 18.2 Å². The lowest BCUT2D eigenvalue weighted by Gasteiger charge is -2.22. The Bertz CT molecular complexity index is 1010. The second kappa shape index (κ2) is 9.91. The van der Waals surface area contributed by atoms with E-state index in [2.05, 4.69) is 5.32 Å². The molecule has 0 saturated carbocycles. The molecule has 31 heavy (non-hydrogen) atoms. The summed E-state index contributed by atoms with van der Waals surface area (Å²) in [6.45, 7) is 4.19. The van der Waals surface area contributed by atoms with Gasteiger partial charge in [-0.15, -0.1) is 0 Å². The number of rotatable bonds is 10. The Hall–Kier alpha value is -2.94. The van der Waals surface area contributed by atoms with Gasteiger partial charge in [0.15, 0.2) is 11.5 Å². The van der Waals surface area contributed by atoms with Crippen molar-refractivity contribution in [3.63, 3.8) is 0 Å². The second-order valence-electron chi connectivity index (χ2n) is 7.57. The number of fused-ring (bicyclic) bond motifs is 1. The molecule has 0 spiro atoms. The highest BCUT2D eigenvalue weighted by atomic mass is 32.2. The van der Waals surface area contributed by atoms with Crippen LogP contribution in [0.5, 0.6) is 17.2 Å². The smallest absolute Gasteiger partial charge is 0.240 e. The Morgan fingerprint density at radius 1 is 1.13 bits per heavy atom. The highest BCUT2D eigenvalue weighted by Crippen LogP contribution is 2.36. The van der Waals surface area contributed by atoms with E-state index in [0.29, 0.717) is 23.7 Å². The van der Waals surface area contributed by atoms with Crippen LogP contribution in [-0.4, -0.2) is 46.6 Å². The number of amides is 1. The van der Waals surface area contributed by atoms with Gasteiger partial charge in [-0.3, -0.25) is 9.10 Å². The molecule has 9 heteroatoms. The first-order chi connectivity index (χ1) is 14.7. The van der Waals surface area contributed by atoms with Crippen LogP contribution < -0.4 is 23.8 Å². The zero-order chi connectivity index (χ0) is 22.4. The normalized spacial score (nSPS) is 12.6. The number of benzene rings is 2. The average Bonchev–Trinajstić information content (AvgIpc) is 3.17. The number of nitrogens with one attached hydrogen (secondary N) is 1. The number of aryl methyl sites for hydroxylation is 1. The predicted molar refractivity (Wildman–Crippen MR) is 118 cm³/mol. The zero-order valence-electron chi connectivity index (χ0n) is 18.0. The number of nitrogens with zero attached hydrogens (tertiary/aromatic N) is 1. The summed E-state index contributed by atoms with van der Waals surface area (Å²) in [4.78, 5) is 12.4. The lowest BCUT2D eigenvalue weighted by atomic mass is 10.1. The van der Waals surface area contributed by atoms with Crippen LogP contribution in [0.3, 0.4) is 0 Å². The molecule has 2 aromatic rings. The molecule has 0 radical (unpaired) electrons. The van der Waals surface area contributed by atoms with E-state index in [-0.39, 0.29) is 25.3 Å². The molecule has 1 aliphatic heterocycles. The number of hydrogen-bond acceptors (Lipinski definition) is 6. The van der Waals surface area contributed by atoms with Crippen LogP contribution in [0.25, 0.3) is 0 Å². The number of anilines is 1. The molecular formula is C22H28N2O6S. The second-order valence-corrected chi connectivity index (χ2v) is 9.48. The average molecular weight is 449 g/mol. The minimum Gasteiger partial charge on any atom is -0.491 e. The number of sulfonamides is 1. The Balaban J connectivity index is 1.50. The van der Waals surface area contributed by atoms with Crippen molar-refractivity contribution in [2.45, 2.75) is 32.8 Å².